The Bertz CT molecular complexity index is 394. The van der Waals surface area contributed by atoms with Crippen molar-refractivity contribution in [3.63, 3.8) is 0 Å². The summed E-state index contributed by atoms with van der Waals surface area (Å²) in [7, 11) is -1.77. The number of ether oxygens (including phenoxy) is 1. The molecule has 3 N–H and O–H groups in total. The molecular formula is C6H10N2O4S3. The molecule has 15 heavy (non-hydrogen) atoms. The summed E-state index contributed by atoms with van der Waals surface area (Å²) in [6, 6.07) is 0. The standard InChI is InChI=1S/C6H10N2O4S3/c1-6(7)13-4-8(3(9)12-4)15(5(10)11)14(6)2/h4H,7H2,1-2H3,(H,10,11)/t4-,6+,14?,15?/m1/s1. The molecule has 1 fully saturated rings. The quantitative estimate of drug-likeness (QED) is 0.665. The minimum atomic E-state index is -1.17. The van der Waals surface area contributed by atoms with Gasteiger partial charge in [-0.25, -0.2) is 9.59 Å². The predicted molar refractivity (Wildman–Crippen MR) is 61.0 cm³/mol. The third-order valence-electron chi connectivity index (χ3n) is 2.04. The van der Waals surface area contributed by atoms with E-state index >= 15 is 0 Å². The molecule has 0 bridgehead atoms. The third-order valence-corrected chi connectivity index (χ3v) is 10.5. The molecule has 0 spiro atoms. The Morgan fingerprint density at radius 3 is 2.87 bits per heavy atom. The van der Waals surface area contributed by atoms with E-state index in [0.717, 1.165) is 0 Å². The first kappa shape index (κ1) is 11.2. The Balaban J connectivity index is 2.50. The molecule has 1 saturated heterocycles. The number of hydrogen-bond acceptors (Lipinski definition) is 5. The van der Waals surface area contributed by atoms with Crippen molar-refractivity contribution in [3.05, 3.63) is 0 Å². The molecule has 86 valence electrons. The average Bonchev–Trinajstić information content (AvgIpc) is 2.09. The second-order valence-corrected chi connectivity index (χ2v) is 10.3. The SMILES string of the molecule is CS1=S(C(=O)O)N2C(=O)O[C@@H]2S[C@]1(C)N. The maximum absolute atomic E-state index is 11.1. The molecule has 0 aromatic carbocycles. The van der Waals surface area contributed by atoms with Crippen LogP contribution in [0.1, 0.15) is 6.92 Å². The summed E-state index contributed by atoms with van der Waals surface area (Å²) < 4.78 is 5.43. The molecule has 2 rings (SSSR count). The molecule has 0 aliphatic carbocycles. The van der Waals surface area contributed by atoms with Crippen molar-refractivity contribution < 1.29 is 19.4 Å². The van der Waals surface area contributed by atoms with Gasteiger partial charge in [-0.3, -0.25) is 0 Å². The molecule has 6 nitrogen and oxygen atoms in total. The van der Waals surface area contributed by atoms with Gasteiger partial charge in [0.25, 0.3) is 0 Å². The first-order valence-corrected chi connectivity index (χ1v) is 8.16. The van der Waals surface area contributed by atoms with Crippen LogP contribution in [0.25, 0.3) is 0 Å². The van der Waals surface area contributed by atoms with E-state index in [4.69, 9.17) is 15.6 Å². The summed E-state index contributed by atoms with van der Waals surface area (Å²) >= 11 is 1.29. The van der Waals surface area contributed by atoms with Gasteiger partial charge < -0.3 is 15.6 Å². The topological polar surface area (TPSA) is 92.9 Å². The van der Waals surface area contributed by atoms with E-state index in [1.807, 2.05) is 0 Å². The summed E-state index contributed by atoms with van der Waals surface area (Å²) in [4.78, 5) is 22.2. The number of fused-ring (bicyclic) bond motifs is 1. The normalized spacial score (nSPS) is 44.1. The highest BCUT2D eigenvalue weighted by atomic mass is 32.9. The lowest BCUT2D eigenvalue weighted by atomic mass is 10.8. The zero-order valence-electron chi connectivity index (χ0n) is 8.00. The first-order chi connectivity index (χ1) is 6.84. The van der Waals surface area contributed by atoms with E-state index in [1.165, 1.54) is 16.1 Å². The number of hydrogen-bond donors (Lipinski definition) is 2. The Morgan fingerprint density at radius 1 is 1.80 bits per heavy atom. The van der Waals surface area contributed by atoms with Crippen LogP contribution in [0.3, 0.4) is 0 Å². The van der Waals surface area contributed by atoms with Crippen molar-refractivity contribution in [1.29, 1.82) is 0 Å². The summed E-state index contributed by atoms with van der Waals surface area (Å²) in [5, 5.41) is 8.09. The minimum Gasteiger partial charge on any atom is -0.472 e. The Labute approximate surface area is 94.8 Å². The van der Waals surface area contributed by atoms with Crippen LogP contribution in [0.15, 0.2) is 0 Å². The van der Waals surface area contributed by atoms with Gasteiger partial charge in [0.1, 0.15) is 4.20 Å². The van der Waals surface area contributed by atoms with Crippen molar-refractivity contribution in [2.75, 3.05) is 6.26 Å². The van der Waals surface area contributed by atoms with Gasteiger partial charge in [0.05, 0.1) is 9.64 Å². The van der Waals surface area contributed by atoms with E-state index in [0.29, 0.717) is 0 Å². The van der Waals surface area contributed by atoms with E-state index in [1.54, 1.807) is 13.2 Å². The molecule has 1 amide bonds. The van der Waals surface area contributed by atoms with Gasteiger partial charge in [0.2, 0.25) is 5.56 Å². The van der Waals surface area contributed by atoms with Crippen LogP contribution in [-0.4, -0.2) is 36.8 Å². The van der Waals surface area contributed by atoms with E-state index in [9.17, 15) is 9.59 Å². The smallest absolute Gasteiger partial charge is 0.426 e. The van der Waals surface area contributed by atoms with Crippen LogP contribution in [0.2, 0.25) is 0 Å². The molecule has 9 heteroatoms. The zero-order valence-corrected chi connectivity index (χ0v) is 10.4. The molecular weight excluding hydrogens is 260 g/mol. The van der Waals surface area contributed by atoms with Crippen LogP contribution in [0.4, 0.5) is 9.59 Å². The largest absolute Gasteiger partial charge is 0.472 e. The molecule has 0 aromatic heterocycles. The molecule has 0 radical (unpaired) electrons. The maximum atomic E-state index is 11.1. The zero-order chi connectivity index (χ0) is 11.4. The van der Waals surface area contributed by atoms with Crippen LogP contribution in [0.5, 0.6) is 0 Å². The molecule has 2 unspecified atom stereocenters. The molecule has 2 aliphatic rings. The second kappa shape index (κ2) is 3.37. The first-order valence-electron chi connectivity index (χ1n) is 3.95. The lowest BCUT2D eigenvalue weighted by Crippen LogP contribution is -2.62. The van der Waals surface area contributed by atoms with Gasteiger partial charge in [-0.05, 0) is 13.2 Å². The monoisotopic (exact) mass is 270 g/mol. The molecule has 0 aromatic rings. The number of carbonyl (C=O) groups is 2. The Kier molecular flexibility index (Phi) is 2.53. The number of nitrogens with zero attached hydrogens (tertiary/aromatic N) is 1. The van der Waals surface area contributed by atoms with E-state index in [2.05, 4.69) is 0 Å². The average molecular weight is 270 g/mol. The summed E-state index contributed by atoms with van der Waals surface area (Å²) in [5.41, 5.74) is 5.45. The lowest BCUT2D eigenvalue weighted by molar-refractivity contribution is 0.00726. The van der Waals surface area contributed by atoms with Gasteiger partial charge in [0, 0.05) is 0 Å². The number of nitrogens with two attached hydrogens (primary N) is 1. The van der Waals surface area contributed by atoms with E-state index in [-0.39, 0.29) is 0 Å². The van der Waals surface area contributed by atoms with Gasteiger partial charge in [-0.2, -0.15) is 4.31 Å². The van der Waals surface area contributed by atoms with Crippen molar-refractivity contribution in [1.82, 2.24) is 4.31 Å². The third kappa shape index (κ3) is 1.57. The minimum absolute atomic E-state index is 0.532. The lowest BCUT2D eigenvalue weighted by Gasteiger charge is -2.47. The number of carbonyl (C=O) groups excluding carboxylic acids is 1. The van der Waals surface area contributed by atoms with Crippen LogP contribution in [-0.2, 0) is 23.8 Å². The van der Waals surface area contributed by atoms with Crippen LogP contribution >= 0.6 is 11.8 Å². The highest BCUT2D eigenvalue weighted by molar-refractivity contribution is 8.52. The highest BCUT2D eigenvalue weighted by Crippen LogP contribution is 2.42. The number of rotatable bonds is 0. The Hall–Kier alpha value is -0.250. The van der Waals surface area contributed by atoms with Crippen LogP contribution in [0, 0.1) is 0 Å². The fourth-order valence-electron chi connectivity index (χ4n) is 1.18. The van der Waals surface area contributed by atoms with Crippen LogP contribution < -0.4 is 5.73 Å². The van der Waals surface area contributed by atoms with Gasteiger partial charge in [0.15, 0.2) is 0 Å². The predicted octanol–water partition coefficient (Wildman–Crippen LogP) is 0.476. The summed E-state index contributed by atoms with van der Waals surface area (Å²) in [5.74, 6) is 0. The fraction of sp³-hybridized carbons (Fsp3) is 0.667. The molecule has 0 saturated carbocycles. The van der Waals surface area contributed by atoms with Gasteiger partial charge in [-0.1, -0.05) is 11.8 Å². The van der Waals surface area contributed by atoms with Crippen molar-refractivity contribution in [3.8, 4) is 0 Å². The number of amides is 1. The highest BCUT2D eigenvalue weighted by Gasteiger charge is 2.52. The van der Waals surface area contributed by atoms with E-state index < -0.39 is 40.3 Å². The fourth-order valence-corrected chi connectivity index (χ4v) is 8.20. The summed E-state index contributed by atoms with van der Waals surface area (Å²) in [6.45, 7) is 1.77. The second-order valence-electron chi connectivity index (χ2n) is 3.12. The van der Waals surface area contributed by atoms with Crippen molar-refractivity contribution >= 4 is 42.3 Å². The number of carboxylic acid groups (broad SMARTS) is 1. The summed E-state index contributed by atoms with van der Waals surface area (Å²) in [6.07, 6.45) is 1.21. The maximum Gasteiger partial charge on any atom is 0.426 e. The molecule has 4 atom stereocenters. The number of thioether (sulfide) groups is 1. The molecule has 2 aliphatic heterocycles. The Morgan fingerprint density at radius 2 is 2.40 bits per heavy atom. The molecule has 2 heterocycles. The van der Waals surface area contributed by atoms with Crippen molar-refractivity contribution in [2.45, 2.75) is 16.7 Å². The van der Waals surface area contributed by atoms with Gasteiger partial charge in [-0.15, -0.1) is 9.45 Å². The van der Waals surface area contributed by atoms with Crippen molar-refractivity contribution in [2.24, 2.45) is 5.73 Å². The van der Waals surface area contributed by atoms with Gasteiger partial charge >= 0.3 is 11.4 Å².